The van der Waals surface area contributed by atoms with Gasteiger partial charge >= 0.3 is 0 Å². The summed E-state index contributed by atoms with van der Waals surface area (Å²) in [5.41, 5.74) is 2.32. The molecule has 0 unspecified atom stereocenters. The van der Waals surface area contributed by atoms with Crippen LogP contribution >= 0.6 is 0 Å². The van der Waals surface area contributed by atoms with E-state index in [0.717, 1.165) is 24.0 Å². The van der Waals surface area contributed by atoms with E-state index in [0.29, 0.717) is 12.2 Å². The fourth-order valence-corrected chi connectivity index (χ4v) is 1.81. The van der Waals surface area contributed by atoms with Crippen molar-refractivity contribution in [3.8, 4) is 0 Å². The van der Waals surface area contributed by atoms with Gasteiger partial charge in [-0.25, -0.2) is 4.39 Å². The molecule has 0 amide bonds. The van der Waals surface area contributed by atoms with Crippen molar-refractivity contribution >= 4 is 19.6 Å². The predicted molar refractivity (Wildman–Crippen MR) is 67.2 cm³/mol. The quantitative estimate of drug-likeness (QED) is 0.682. The fourth-order valence-electron chi connectivity index (χ4n) is 1.81. The van der Waals surface area contributed by atoms with Gasteiger partial charge in [-0.15, -0.1) is 5.47 Å². The second-order valence-corrected chi connectivity index (χ2v) is 3.89. The highest BCUT2D eigenvalue weighted by Crippen LogP contribution is 2.23. The topological polar surface area (TPSA) is 3.24 Å². The van der Waals surface area contributed by atoms with E-state index in [1.54, 1.807) is 12.1 Å². The van der Waals surface area contributed by atoms with Crippen LogP contribution in [0.15, 0.2) is 36.3 Å². The molecule has 0 N–H and O–H groups in total. The fraction of sp³-hybridized carbons (Fsp3) is 0.231. The molecule has 0 atom stereocenters. The summed E-state index contributed by atoms with van der Waals surface area (Å²) in [6, 6.07) is 5.17. The highest BCUT2D eigenvalue weighted by Gasteiger charge is 2.13. The molecule has 1 aromatic carbocycles. The zero-order valence-electron chi connectivity index (χ0n) is 9.12. The Morgan fingerprint density at radius 1 is 1.44 bits per heavy atom. The van der Waals surface area contributed by atoms with Crippen LogP contribution in [-0.2, 0) is 0 Å². The lowest BCUT2D eigenvalue weighted by molar-refractivity contribution is 0.618. The van der Waals surface area contributed by atoms with Gasteiger partial charge in [-0.3, -0.25) is 0 Å². The Labute approximate surface area is 96.7 Å². The molecule has 1 nitrogen and oxygen atoms in total. The zero-order chi connectivity index (χ0) is 11.5. The summed E-state index contributed by atoms with van der Waals surface area (Å²) < 4.78 is 13.8. The predicted octanol–water partition coefficient (Wildman–Crippen LogP) is 2.73. The van der Waals surface area contributed by atoms with Crippen LogP contribution < -0.4 is 4.90 Å². The summed E-state index contributed by atoms with van der Waals surface area (Å²) in [7, 11) is 5.69. The molecule has 3 heteroatoms. The van der Waals surface area contributed by atoms with Crippen LogP contribution in [0.25, 0.3) is 6.08 Å². The van der Waals surface area contributed by atoms with Gasteiger partial charge in [0, 0.05) is 13.1 Å². The SMILES string of the molecule is [B]C1=CCN(c2ccc(C=C)cc2F)CC1. The van der Waals surface area contributed by atoms with Gasteiger partial charge in [-0.2, -0.15) is 0 Å². The molecule has 0 saturated carbocycles. The minimum atomic E-state index is -0.203. The second-order valence-electron chi connectivity index (χ2n) is 3.89. The van der Waals surface area contributed by atoms with Crippen molar-refractivity contribution in [3.63, 3.8) is 0 Å². The minimum Gasteiger partial charge on any atom is -0.365 e. The minimum absolute atomic E-state index is 0.203. The van der Waals surface area contributed by atoms with E-state index in [2.05, 4.69) is 6.58 Å². The van der Waals surface area contributed by atoms with Crippen molar-refractivity contribution in [1.29, 1.82) is 0 Å². The summed E-state index contributed by atoms with van der Waals surface area (Å²) in [4.78, 5) is 1.98. The number of nitrogens with zero attached hydrogens (tertiary/aromatic N) is 1. The molecule has 0 spiro atoms. The van der Waals surface area contributed by atoms with Crippen molar-refractivity contribution in [3.05, 3.63) is 47.7 Å². The average molecular weight is 213 g/mol. The van der Waals surface area contributed by atoms with Crippen molar-refractivity contribution in [2.75, 3.05) is 18.0 Å². The van der Waals surface area contributed by atoms with Crippen molar-refractivity contribution in [2.24, 2.45) is 0 Å². The molecule has 0 fully saturated rings. The van der Waals surface area contributed by atoms with Crippen LogP contribution in [-0.4, -0.2) is 20.9 Å². The molecule has 1 heterocycles. The van der Waals surface area contributed by atoms with E-state index < -0.39 is 0 Å². The average Bonchev–Trinajstić information content (AvgIpc) is 2.30. The zero-order valence-corrected chi connectivity index (χ0v) is 9.12. The van der Waals surface area contributed by atoms with Gasteiger partial charge in [0.05, 0.1) is 5.69 Å². The number of rotatable bonds is 2. The lowest BCUT2D eigenvalue weighted by atomic mass is 9.90. The summed E-state index contributed by atoms with van der Waals surface area (Å²) in [5, 5.41) is 0. The molecular formula is C13H13BFN. The Balaban J connectivity index is 2.24. The van der Waals surface area contributed by atoms with E-state index in [1.807, 2.05) is 17.0 Å². The first-order valence-corrected chi connectivity index (χ1v) is 5.32. The Bertz CT molecular complexity index is 440. The van der Waals surface area contributed by atoms with E-state index in [-0.39, 0.29) is 5.82 Å². The molecule has 0 bridgehead atoms. The first-order chi connectivity index (χ1) is 7.70. The largest absolute Gasteiger partial charge is 0.365 e. The maximum atomic E-state index is 13.8. The van der Waals surface area contributed by atoms with Crippen LogP contribution in [0.2, 0.25) is 0 Å². The standard InChI is InChI=1S/C13H13BFN/c1-2-10-3-4-13(12(15)9-10)16-7-5-11(14)6-8-16/h2-5,9H,1,6-8H2. The van der Waals surface area contributed by atoms with Gasteiger partial charge in [0.1, 0.15) is 13.7 Å². The number of hydrogen-bond acceptors (Lipinski definition) is 1. The number of benzene rings is 1. The lowest BCUT2D eigenvalue weighted by Crippen LogP contribution is -2.29. The summed E-state index contributed by atoms with van der Waals surface area (Å²) in [6.45, 7) is 5.07. The lowest BCUT2D eigenvalue weighted by Gasteiger charge is -2.28. The van der Waals surface area contributed by atoms with Crippen LogP contribution in [0.4, 0.5) is 10.1 Å². The molecule has 0 aliphatic carbocycles. The molecule has 16 heavy (non-hydrogen) atoms. The molecule has 0 aromatic heterocycles. The maximum absolute atomic E-state index is 13.8. The van der Waals surface area contributed by atoms with Gasteiger partial charge in [0.2, 0.25) is 0 Å². The van der Waals surface area contributed by atoms with Gasteiger partial charge in [-0.1, -0.05) is 24.8 Å². The molecule has 2 rings (SSSR count). The van der Waals surface area contributed by atoms with Gasteiger partial charge in [0.25, 0.3) is 0 Å². The monoisotopic (exact) mass is 213 g/mol. The van der Waals surface area contributed by atoms with Gasteiger partial charge in [-0.05, 0) is 24.1 Å². The molecular weight excluding hydrogens is 200 g/mol. The Kier molecular flexibility index (Phi) is 3.13. The Morgan fingerprint density at radius 3 is 2.81 bits per heavy atom. The maximum Gasteiger partial charge on any atom is 0.147 e. The summed E-state index contributed by atoms with van der Waals surface area (Å²) >= 11 is 0. The van der Waals surface area contributed by atoms with Crippen LogP contribution in [0.3, 0.4) is 0 Å². The molecule has 80 valence electrons. The number of anilines is 1. The van der Waals surface area contributed by atoms with E-state index >= 15 is 0 Å². The van der Waals surface area contributed by atoms with Crippen molar-refractivity contribution in [2.45, 2.75) is 6.42 Å². The van der Waals surface area contributed by atoms with Crippen LogP contribution in [0, 0.1) is 5.82 Å². The molecule has 1 aliphatic heterocycles. The highest BCUT2D eigenvalue weighted by atomic mass is 19.1. The third-order valence-electron chi connectivity index (χ3n) is 2.79. The third-order valence-corrected chi connectivity index (χ3v) is 2.79. The third kappa shape index (κ3) is 2.18. The van der Waals surface area contributed by atoms with Crippen LogP contribution in [0.1, 0.15) is 12.0 Å². The first kappa shape index (κ1) is 11.0. The summed E-state index contributed by atoms with van der Waals surface area (Å²) in [6.07, 6.45) is 4.37. The van der Waals surface area contributed by atoms with Crippen molar-refractivity contribution in [1.82, 2.24) is 0 Å². The molecule has 2 radical (unpaired) electrons. The molecule has 0 saturated heterocycles. The normalized spacial score (nSPS) is 15.8. The van der Waals surface area contributed by atoms with Crippen molar-refractivity contribution < 1.29 is 4.39 Å². The van der Waals surface area contributed by atoms with Gasteiger partial charge < -0.3 is 4.90 Å². The Hall–Kier alpha value is -1.51. The van der Waals surface area contributed by atoms with E-state index in [4.69, 9.17) is 7.85 Å². The second kappa shape index (κ2) is 4.56. The molecule has 1 aliphatic rings. The first-order valence-electron chi connectivity index (χ1n) is 5.32. The Morgan fingerprint density at radius 2 is 2.25 bits per heavy atom. The smallest absolute Gasteiger partial charge is 0.147 e. The number of hydrogen-bond donors (Lipinski definition) is 0. The number of halogens is 1. The van der Waals surface area contributed by atoms with E-state index in [9.17, 15) is 4.39 Å². The summed E-state index contributed by atoms with van der Waals surface area (Å²) in [5.74, 6) is -0.203. The van der Waals surface area contributed by atoms with Gasteiger partial charge in [0.15, 0.2) is 0 Å². The molecule has 1 aromatic rings. The van der Waals surface area contributed by atoms with Crippen LogP contribution in [0.5, 0.6) is 0 Å². The highest BCUT2D eigenvalue weighted by molar-refractivity contribution is 6.21. The van der Waals surface area contributed by atoms with E-state index in [1.165, 1.54) is 6.07 Å².